The summed E-state index contributed by atoms with van der Waals surface area (Å²) in [5.41, 5.74) is 5.11. The van der Waals surface area contributed by atoms with E-state index in [9.17, 15) is 26.3 Å². The van der Waals surface area contributed by atoms with Gasteiger partial charge >= 0.3 is 12.4 Å². The number of alkyl halides is 6. The van der Waals surface area contributed by atoms with E-state index in [2.05, 4.69) is 4.99 Å². The van der Waals surface area contributed by atoms with Gasteiger partial charge in [-0.2, -0.15) is 26.3 Å². The van der Waals surface area contributed by atoms with Crippen molar-refractivity contribution in [2.24, 2.45) is 10.7 Å². The highest BCUT2D eigenvalue weighted by atomic mass is 32.2. The molecule has 0 heterocycles. The lowest BCUT2D eigenvalue weighted by molar-refractivity contribution is -0.132. The molecule has 0 aliphatic carbocycles. The van der Waals surface area contributed by atoms with Gasteiger partial charge in [-0.15, -0.1) is 0 Å². The zero-order chi connectivity index (χ0) is 12.8. The van der Waals surface area contributed by atoms with Crippen molar-refractivity contribution in [3.05, 3.63) is 0 Å². The lowest BCUT2D eigenvalue weighted by Gasteiger charge is -2.06. The minimum absolute atomic E-state index is 0.256. The van der Waals surface area contributed by atoms with E-state index in [4.69, 9.17) is 5.73 Å². The molecule has 0 unspecified atom stereocenters. The van der Waals surface area contributed by atoms with Crippen molar-refractivity contribution in [3.8, 4) is 0 Å². The first-order valence-electron chi connectivity index (χ1n) is 4.16. The van der Waals surface area contributed by atoms with E-state index in [0.29, 0.717) is 11.8 Å². The number of nitrogens with two attached hydrogens (primary N) is 1. The standard InChI is InChI=1S/C7H10F6N2S/c8-6(9,10)1-3-15-5(14)16-4-2-7(11,12)13/h1-4H2,(H2,14,15). The predicted molar refractivity (Wildman–Crippen MR) is 50.3 cm³/mol. The average molecular weight is 268 g/mol. The molecule has 0 radical (unpaired) electrons. The molecular formula is C7H10F6N2S. The Bertz CT molecular complexity index is 234. The van der Waals surface area contributed by atoms with Crippen LogP contribution >= 0.6 is 11.8 Å². The maximum Gasteiger partial charge on any atom is 0.390 e. The lowest BCUT2D eigenvalue weighted by Crippen LogP contribution is -2.14. The highest BCUT2D eigenvalue weighted by Gasteiger charge is 2.27. The lowest BCUT2D eigenvalue weighted by atomic mass is 10.4. The predicted octanol–water partition coefficient (Wildman–Crippen LogP) is 2.94. The van der Waals surface area contributed by atoms with Gasteiger partial charge in [-0.3, -0.25) is 4.99 Å². The van der Waals surface area contributed by atoms with Crippen LogP contribution < -0.4 is 5.73 Å². The van der Waals surface area contributed by atoms with Crippen molar-refractivity contribution in [2.45, 2.75) is 25.2 Å². The van der Waals surface area contributed by atoms with Crippen molar-refractivity contribution >= 4 is 16.9 Å². The highest BCUT2D eigenvalue weighted by molar-refractivity contribution is 8.13. The number of nitrogens with zero attached hydrogens (tertiary/aromatic N) is 1. The van der Waals surface area contributed by atoms with Crippen molar-refractivity contribution in [2.75, 3.05) is 12.3 Å². The van der Waals surface area contributed by atoms with Crippen LogP contribution in [0, 0.1) is 0 Å². The molecule has 0 aromatic carbocycles. The van der Waals surface area contributed by atoms with Gasteiger partial charge < -0.3 is 5.73 Å². The van der Waals surface area contributed by atoms with E-state index in [1.165, 1.54) is 0 Å². The van der Waals surface area contributed by atoms with E-state index in [1.54, 1.807) is 0 Å². The molecule has 0 atom stereocenters. The third-order valence-electron chi connectivity index (χ3n) is 1.30. The normalized spacial score (nSPS) is 14.2. The van der Waals surface area contributed by atoms with Gasteiger partial charge in [-0.1, -0.05) is 11.8 Å². The molecule has 0 bridgehead atoms. The Balaban J connectivity index is 3.72. The molecule has 0 aromatic rings. The van der Waals surface area contributed by atoms with Gasteiger partial charge in [0, 0.05) is 5.75 Å². The third kappa shape index (κ3) is 11.5. The molecule has 2 nitrogen and oxygen atoms in total. The summed E-state index contributed by atoms with van der Waals surface area (Å²) in [6.45, 7) is -0.561. The number of halogens is 6. The van der Waals surface area contributed by atoms with Gasteiger partial charge in [0.05, 0.1) is 19.4 Å². The Hall–Kier alpha value is -0.600. The molecule has 0 fully saturated rings. The maximum absolute atomic E-state index is 11.7. The third-order valence-corrected chi connectivity index (χ3v) is 2.13. The molecule has 2 N–H and O–H groups in total. The van der Waals surface area contributed by atoms with Crippen LogP contribution in [0.3, 0.4) is 0 Å². The molecule has 0 saturated carbocycles. The summed E-state index contributed by atoms with van der Waals surface area (Å²) in [5, 5.41) is -0.256. The summed E-state index contributed by atoms with van der Waals surface area (Å²) in [7, 11) is 0. The molecule has 0 saturated heterocycles. The molecule has 96 valence electrons. The molecule has 0 aromatic heterocycles. The van der Waals surface area contributed by atoms with Gasteiger partial charge in [0.25, 0.3) is 0 Å². The van der Waals surface area contributed by atoms with Crippen LogP contribution in [0.5, 0.6) is 0 Å². The molecule has 0 spiro atoms. The zero-order valence-corrected chi connectivity index (χ0v) is 8.85. The fourth-order valence-electron chi connectivity index (χ4n) is 0.610. The topological polar surface area (TPSA) is 38.4 Å². The van der Waals surface area contributed by atoms with E-state index in [0.717, 1.165) is 0 Å². The molecule has 0 rings (SSSR count). The largest absolute Gasteiger partial charge is 0.390 e. The monoisotopic (exact) mass is 268 g/mol. The number of rotatable bonds is 4. The van der Waals surface area contributed by atoms with Crippen LogP contribution in [0.15, 0.2) is 4.99 Å². The molecule has 0 aliphatic heterocycles. The fourth-order valence-corrected chi connectivity index (χ4v) is 1.34. The number of thioether (sulfide) groups is 1. The first-order valence-corrected chi connectivity index (χ1v) is 5.15. The Labute approximate surface area is 92.3 Å². The van der Waals surface area contributed by atoms with E-state index < -0.39 is 31.7 Å². The van der Waals surface area contributed by atoms with Crippen LogP contribution in [0.2, 0.25) is 0 Å². The SMILES string of the molecule is NC(=NCCC(F)(F)F)SCCC(F)(F)F. The number of hydrogen-bond acceptors (Lipinski definition) is 2. The first-order chi connectivity index (χ1) is 7.10. The second-order valence-electron chi connectivity index (χ2n) is 2.80. The molecule has 9 heteroatoms. The molecular weight excluding hydrogens is 258 g/mol. The van der Waals surface area contributed by atoms with Gasteiger partial charge in [-0.05, 0) is 0 Å². The van der Waals surface area contributed by atoms with E-state index in [1.807, 2.05) is 0 Å². The summed E-state index contributed by atoms with van der Waals surface area (Å²) < 4.78 is 70.0. The second kappa shape index (κ2) is 6.21. The number of hydrogen-bond donors (Lipinski definition) is 1. The minimum atomic E-state index is -4.33. The number of amidine groups is 1. The van der Waals surface area contributed by atoms with Crippen LogP contribution in [0.1, 0.15) is 12.8 Å². The van der Waals surface area contributed by atoms with E-state index in [-0.39, 0.29) is 10.9 Å². The summed E-state index contributed by atoms with van der Waals surface area (Å²) in [4.78, 5) is 3.30. The van der Waals surface area contributed by atoms with Crippen LogP contribution in [-0.2, 0) is 0 Å². The quantitative estimate of drug-likeness (QED) is 0.483. The Morgan fingerprint density at radius 3 is 1.94 bits per heavy atom. The second-order valence-corrected chi connectivity index (χ2v) is 3.91. The van der Waals surface area contributed by atoms with Crippen molar-refractivity contribution in [1.82, 2.24) is 0 Å². The molecule has 0 amide bonds. The van der Waals surface area contributed by atoms with Crippen molar-refractivity contribution in [1.29, 1.82) is 0 Å². The van der Waals surface area contributed by atoms with Gasteiger partial charge in [0.15, 0.2) is 5.17 Å². The summed E-state index contributed by atoms with van der Waals surface area (Å²) in [6.07, 6.45) is -10.8. The minimum Gasteiger partial charge on any atom is -0.379 e. The average Bonchev–Trinajstić information content (AvgIpc) is 1.98. The van der Waals surface area contributed by atoms with Crippen LogP contribution in [-0.4, -0.2) is 29.8 Å². The van der Waals surface area contributed by atoms with Crippen molar-refractivity contribution in [3.63, 3.8) is 0 Å². The first kappa shape index (κ1) is 15.4. The van der Waals surface area contributed by atoms with Gasteiger partial charge in [0.1, 0.15) is 0 Å². The van der Waals surface area contributed by atoms with E-state index >= 15 is 0 Å². The number of aliphatic imine (C=N–C) groups is 1. The van der Waals surface area contributed by atoms with Gasteiger partial charge in [0.2, 0.25) is 0 Å². The smallest absolute Gasteiger partial charge is 0.379 e. The summed E-state index contributed by atoms with van der Waals surface area (Å²) in [6, 6.07) is 0. The fraction of sp³-hybridized carbons (Fsp3) is 0.857. The highest BCUT2D eigenvalue weighted by Crippen LogP contribution is 2.22. The zero-order valence-electron chi connectivity index (χ0n) is 8.03. The van der Waals surface area contributed by atoms with Crippen molar-refractivity contribution < 1.29 is 26.3 Å². The summed E-state index contributed by atoms with van der Waals surface area (Å²) >= 11 is 0.594. The molecule has 16 heavy (non-hydrogen) atoms. The Morgan fingerprint density at radius 1 is 1.00 bits per heavy atom. The Morgan fingerprint density at radius 2 is 1.50 bits per heavy atom. The van der Waals surface area contributed by atoms with Crippen LogP contribution in [0.25, 0.3) is 0 Å². The van der Waals surface area contributed by atoms with Gasteiger partial charge in [-0.25, -0.2) is 0 Å². The maximum atomic E-state index is 11.7. The molecule has 0 aliphatic rings. The Kier molecular flexibility index (Phi) is 5.98. The summed E-state index contributed by atoms with van der Waals surface area (Å²) in [5.74, 6) is -0.342. The van der Waals surface area contributed by atoms with Crippen LogP contribution in [0.4, 0.5) is 26.3 Å².